The molecule has 0 spiro atoms. The second-order valence-electron chi connectivity index (χ2n) is 4.60. The summed E-state index contributed by atoms with van der Waals surface area (Å²) in [5.41, 5.74) is 5.85. The van der Waals surface area contributed by atoms with Gasteiger partial charge in [-0.25, -0.2) is 0 Å². The van der Waals surface area contributed by atoms with Crippen LogP contribution in [-0.4, -0.2) is 17.8 Å². The highest BCUT2D eigenvalue weighted by Gasteiger charge is 2.41. The van der Waals surface area contributed by atoms with Gasteiger partial charge in [-0.1, -0.05) is 33.1 Å². The standard InChI is InChI=1S/C11H23NO/c1-3-9(2)10(13)11(8-12)6-4-5-7-11/h9-10,13H,3-8,12H2,1-2H3. The Morgan fingerprint density at radius 1 is 1.38 bits per heavy atom. The average molecular weight is 185 g/mol. The third kappa shape index (κ3) is 2.05. The van der Waals surface area contributed by atoms with Gasteiger partial charge in [0, 0.05) is 12.0 Å². The smallest absolute Gasteiger partial charge is 0.0633 e. The van der Waals surface area contributed by atoms with E-state index in [0.717, 1.165) is 19.3 Å². The fourth-order valence-electron chi connectivity index (χ4n) is 2.53. The summed E-state index contributed by atoms with van der Waals surface area (Å²) in [6, 6.07) is 0. The van der Waals surface area contributed by atoms with Gasteiger partial charge in [-0.2, -0.15) is 0 Å². The van der Waals surface area contributed by atoms with Crippen molar-refractivity contribution in [1.82, 2.24) is 0 Å². The maximum Gasteiger partial charge on any atom is 0.0633 e. The number of rotatable bonds is 4. The fraction of sp³-hybridized carbons (Fsp3) is 1.00. The molecule has 0 bridgehead atoms. The van der Waals surface area contributed by atoms with E-state index in [1.54, 1.807) is 0 Å². The summed E-state index contributed by atoms with van der Waals surface area (Å²) in [6.45, 7) is 4.91. The van der Waals surface area contributed by atoms with E-state index in [9.17, 15) is 5.11 Å². The van der Waals surface area contributed by atoms with Crippen LogP contribution in [-0.2, 0) is 0 Å². The molecule has 2 atom stereocenters. The quantitative estimate of drug-likeness (QED) is 0.703. The maximum absolute atomic E-state index is 10.2. The van der Waals surface area contributed by atoms with Crippen molar-refractivity contribution in [2.24, 2.45) is 17.1 Å². The van der Waals surface area contributed by atoms with Crippen molar-refractivity contribution in [3.05, 3.63) is 0 Å². The molecule has 0 aromatic rings. The van der Waals surface area contributed by atoms with Crippen LogP contribution in [0.15, 0.2) is 0 Å². The molecule has 1 saturated carbocycles. The Hall–Kier alpha value is -0.0800. The second kappa shape index (κ2) is 4.43. The summed E-state index contributed by atoms with van der Waals surface area (Å²) >= 11 is 0. The van der Waals surface area contributed by atoms with Crippen molar-refractivity contribution in [2.45, 2.75) is 52.1 Å². The number of nitrogens with two attached hydrogens (primary N) is 1. The lowest BCUT2D eigenvalue weighted by molar-refractivity contribution is -0.00693. The van der Waals surface area contributed by atoms with Gasteiger partial charge >= 0.3 is 0 Å². The molecule has 0 aliphatic heterocycles. The Morgan fingerprint density at radius 2 is 1.92 bits per heavy atom. The van der Waals surface area contributed by atoms with Gasteiger partial charge in [-0.3, -0.25) is 0 Å². The van der Waals surface area contributed by atoms with E-state index in [2.05, 4.69) is 13.8 Å². The Bertz CT molecular complexity index is 152. The Balaban J connectivity index is 2.64. The molecule has 3 N–H and O–H groups in total. The summed E-state index contributed by atoms with van der Waals surface area (Å²) in [7, 11) is 0. The van der Waals surface area contributed by atoms with Crippen LogP contribution in [0.5, 0.6) is 0 Å². The lowest BCUT2D eigenvalue weighted by atomic mass is 9.75. The first kappa shape index (κ1) is 11.0. The predicted molar refractivity (Wildman–Crippen MR) is 55.4 cm³/mol. The minimum atomic E-state index is -0.190. The van der Waals surface area contributed by atoms with Crippen molar-refractivity contribution >= 4 is 0 Å². The first-order valence-electron chi connectivity index (χ1n) is 5.54. The van der Waals surface area contributed by atoms with Crippen LogP contribution in [0, 0.1) is 11.3 Å². The van der Waals surface area contributed by atoms with Gasteiger partial charge in [0.25, 0.3) is 0 Å². The molecule has 1 aliphatic rings. The van der Waals surface area contributed by atoms with E-state index >= 15 is 0 Å². The van der Waals surface area contributed by atoms with Crippen molar-refractivity contribution < 1.29 is 5.11 Å². The van der Waals surface area contributed by atoms with Gasteiger partial charge < -0.3 is 10.8 Å². The monoisotopic (exact) mass is 185 g/mol. The molecule has 1 fully saturated rings. The summed E-state index contributed by atoms with van der Waals surface area (Å²) < 4.78 is 0. The van der Waals surface area contributed by atoms with Gasteiger partial charge in [0.2, 0.25) is 0 Å². The largest absolute Gasteiger partial charge is 0.392 e. The van der Waals surface area contributed by atoms with E-state index in [1.165, 1.54) is 12.8 Å². The first-order valence-corrected chi connectivity index (χ1v) is 5.54. The van der Waals surface area contributed by atoms with Crippen molar-refractivity contribution in [3.8, 4) is 0 Å². The molecule has 2 unspecified atom stereocenters. The summed E-state index contributed by atoms with van der Waals surface area (Å²) in [4.78, 5) is 0. The highest BCUT2D eigenvalue weighted by Crippen LogP contribution is 2.42. The predicted octanol–water partition coefficient (Wildman–Crippen LogP) is 1.91. The van der Waals surface area contributed by atoms with Crippen LogP contribution in [0.3, 0.4) is 0 Å². The van der Waals surface area contributed by atoms with E-state index in [4.69, 9.17) is 5.73 Å². The van der Waals surface area contributed by atoms with E-state index in [1.807, 2.05) is 0 Å². The van der Waals surface area contributed by atoms with Crippen LogP contribution < -0.4 is 5.73 Å². The van der Waals surface area contributed by atoms with Crippen molar-refractivity contribution in [2.75, 3.05) is 6.54 Å². The van der Waals surface area contributed by atoms with Gasteiger partial charge in [0.05, 0.1) is 6.10 Å². The van der Waals surface area contributed by atoms with Crippen molar-refractivity contribution in [3.63, 3.8) is 0 Å². The zero-order valence-electron chi connectivity index (χ0n) is 8.92. The van der Waals surface area contributed by atoms with Gasteiger partial charge in [-0.15, -0.1) is 0 Å². The average Bonchev–Trinajstić information content (AvgIpc) is 2.65. The Kier molecular flexibility index (Phi) is 3.74. The molecule has 78 valence electrons. The molecule has 0 amide bonds. The van der Waals surface area contributed by atoms with Crippen LogP contribution in [0.25, 0.3) is 0 Å². The molecule has 0 radical (unpaired) electrons. The summed E-state index contributed by atoms with van der Waals surface area (Å²) in [5, 5.41) is 10.2. The number of aliphatic hydroxyl groups excluding tert-OH is 1. The van der Waals surface area contributed by atoms with E-state index < -0.39 is 0 Å². The second-order valence-corrected chi connectivity index (χ2v) is 4.60. The fourth-order valence-corrected chi connectivity index (χ4v) is 2.53. The normalized spacial score (nSPS) is 25.8. The summed E-state index contributed by atoms with van der Waals surface area (Å²) in [5.74, 6) is 0.390. The van der Waals surface area contributed by atoms with E-state index in [-0.39, 0.29) is 11.5 Å². The zero-order valence-corrected chi connectivity index (χ0v) is 8.92. The molecule has 0 heterocycles. The third-order valence-electron chi connectivity index (χ3n) is 3.82. The number of hydrogen-bond donors (Lipinski definition) is 2. The maximum atomic E-state index is 10.2. The first-order chi connectivity index (χ1) is 6.16. The SMILES string of the molecule is CCC(C)C(O)C1(CN)CCCC1. The number of aliphatic hydroxyl groups is 1. The third-order valence-corrected chi connectivity index (χ3v) is 3.82. The van der Waals surface area contributed by atoms with Crippen LogP contribution >= 0.6 is 0 Å². The molecular formula is C11H23NO. The highest BCUT2D eigenvalue weighted by molar-refractivity contribution is 4.93. The summed E-state index contributed by atoms with van der Waals surface area (Å²) in [6.07, 6.45) is 5.58. The molecule has 1 rings (SSSR count). The molecule has 1 aliphatic carbocycles. The number of hydrogen-bond acceptors (Lipinski definition) is 2. The minimum Gasteiger partial charge on any atom is -0.392 e. The Morgan fingerprint density at radius 3 is 2.31 bits per heavy atom. The van der Waals surface area contributed by atoms with E-state index in [0.29, 0.717) is 12.5 Å². The molecule has 0 saturated heterocycles. The van der Waals surface area contributed by atoms with Crippen LogP contribution in [0.2, 0.25) is 0 Å². The van der Waals surface area contributed by atoms with Gasteiger partial charge in [-0.05, 0) is 18.8 Å². The highest BCUT2D eigenvalue weighted by atomic mass is 16.3. The lowest BCUT2D eigenvalue weighted by Crippen LogP contribution is -2.43. The molecular weight excluding hydrogens is 162 g/mol. The van der Waals surface area contributed by atoms with Gasteiger partial charge in [0.15, 0.2) is 0 Å². The van der Waals surface area contributed by atoms with Crippen LogP contribution in [0.1, 0.15) is 46.0 Å². The molecule has 0 aromatic carbocycles. The van der Waals surface area contributed by atoms with Crippen LogP contribution in [0.4, 0.5) is 0 Å². The molecule has 2 nitrogen and oxygen atoms in total. The lowest BCUT2D eigenvalue weighted by Gasteiger charge is -2.36. The zero-order chi connectivity index (χ0) is 9.90. The minimum absolute atomic E-state index is 0.0510. The Labute approximate surface area is 81.5 Å². The molecule has 2 heteroatoms. The topological polar surface area (TPSA) is 46.2 Å². The van der Waals surface area contributed by atoms with Gasteiger partial charge in [0.1, 0.15) is 0 Å². The van der Waals surface area contributed by atoms with Crippen molar-refractivity contribution in [1.29, 1.82) is 0 Å². The molecule has 13 heavy (non-hydrogen) atoms. The molecule has 0 aromatic heterocycles.